The summed E-state index contributed by atoms with van der Waals surface area (Å²) in [6.07, 6.45) is 10.2. The average molecular weight is 554 g/mol. The Kier molecular flexibility index (Phi) is 8.25. The van der Waals surface area contributed by atoms with Crippen molar-refractivity contribution in [1.29, 1.82) is 0 Å². The van der Waals surface area contributed by atoms with Gasteiger partial charge in [0.25, 0.3) is 17.7 Å². The highest BCUT2D eigenvalue weighted by Gasteiger charge is 2.38. The van der Waals surface area contributed by atoms with Crippen LogP contribution >= 0.6 is 11.5 Å². The highest BCUT2D eigenvalue weighted by molar-refractivity contribution is 7.09. The first kappa shape index (κ1) is 26.9. The number of carbonyl (C=O) groups excluding carboxylic acids is 3. The first-order valence-corrected chi connectivity index (χ1v) is 14.2. The Morgan fingerprint density at radius 2 is 1.62 bits per heavy atom. The van der Waals surface area contributed by atoms with Crippen LogP contribution < -0.4 is 21.3 Å². The van der Waals surface area contributed by atoms with Crippen molar-refractivity contribution in [2.45, 2.75) is 75.9 Å². The van der Waals surface area contributed by atoms with Gasteiger partial charge in [-0.15, -0.1) is 0 Å². The summed E-state index contributed by atoms with van der Waals surface area (Å²) < 4.78 is 23.7. The van der Waals surface area contributed by atoms with Crippen LogP contribution in [0, 0.1) is 5.82 Å². The van der Waals surface area contributed by atoms with Gasteiger partial charge in [0.05, 0.1) is 12.0 Å². The minimum atomic E-state index is -1.19. The molecule has 206 valence electrons. The van der Waals surface area contributed by atoms with Crippen LogP contribution in [-0.2, 0) is 4.79 Å². The Bertz CT molecular complexity index is 1300. The van der Waals surface area contributed by atoms with E-state index in [1.54, 1.807) is 12.1 Å². The molecule has 0 radical (unpaired) electrons. The molecule has 9 nitrogen and oxygen atoms in total. The summed E-state index contributed by atoms with van der Waals surface area (Å²) in [6, 6.07) is 7.34. The second-order valence-electron chi connectivity index (χ2n) is 10.1. The first-order valence-electron chi connectivity index (χ1n) is 13.4. The lowest BCUT2D eigenvalue weighted by Crippen LogP contribution is -2.46. The number of aromatic nitrogens is 1. The van der Waals surface area contributed by atoms with E-state index in [4.69, 9.17) is 10.2 Å². The monoisotopic (exact) mass is 553 g/mol. The van der Waals surface area contributed by atoms with Gasteiger partial charge in [-0.3, -0.25) is 19.3 Å². The number of halogens is 1. The molecule has 2 aliphatic rings. The lowest BCUT2D eigenvalue weighted by Gasteiger charge is -2.30. The number of carbonyl (C=O) groups is 3. The number of furan rings is 1. The van der Waals surface area contributed by atoms with Gasteiger partial charge in [-0.05, 0) is 73.6 Å². The fraction of sp³-hybridized carbons (Fsp3) is 0.429. The number of nitrogens with two attached hydrogens (primary N) is 1. The summed E-state index contributed by atoms with van der Waals surface area (Å²) in [4.78, 5) is 42.0. The van der Waals surface area contributed by atoms with E-state index in [9.17, 15) is 18.8 Å². The predicted octanol–water partition coefficient (Wildman–Crippen LogP) is 4.97. The van der Waals surface area contributed by atoms with Gasteiger partial charge in [-0.1, -0.05) is 32.1 Å². The Balaban J connectivity index is 1.49. The molecule has 0 bridgehead atoms. The topological polar surface area (TPSA) is 131 Å². The van der Waals surface area contributed by atoms with Gasteiger partial charge in [0.1, 0.15) is 16.5 Å². The molecule has 3 aromatic rings. The fourth-order valence-corrected chi connectivity index (χ4v) is 6.12. The summed E-state index contributed by atoms with van der Waals surface area (Å²) in [7, 11) is 0. The Morgan fingerprint density at radius 3 is 2.26 bits per heavy atom. The van der Waals surface area contributed by atoms with Gasteiger partial charge in [-0.2, -0.15) is 4.37 Å². The van der Waals surface area contributed by atoms with Crippen LogP contribution in [0.25, 0.3) is 0 Å². The van der Waals surface area contributed by atoms with Gasteiger partial charge < -0.3 is 20.8 Å². The van der Waals surface area contributed by atoms with Crippen molar-refractivity contribution in [3.05, 3.63) is 64.8 Å². The SMILES string of the molecule is Nc1c(C(=O)NC2CCCCC2)nsc1C(=O)N(c1ccc(F)cc1)C(C(=O)NC1CCCC1)c1ccco1. The number of rotatable bonds is 8. The largest absolute Gasteiger partial charge is 0.467 e. The molecule has 2 aliphatic carbocycles. The average Bonchev–Trinajstić information content (AvgIpc) is 3.71. The third kappa shape index (κ3) is 5.98. The zero-order valence-electron chi connectivity index (χ0n) is 21.5. The molecular formula is C28H32FN5O4S. The second-order valence-corrected chi connectivity index (χ2v) is 10.9. The van der Waals surface area contributed by atoms with E-state index < -0.39 is 29.6 Å². The second kappa shape index (κ2) is 12.0. The van der Waals surface area contributed by atoms with Crippen molar-refractivity contribution in [1.82, 2.24) is 15.0 Å². The first-order chi connectivity index (χ1) is 18.9. The van der Waals surface area contributed by atoms with Crippen LogP contribution in [0.5, 0.6) is 0 Å². The highest BCUT2D eigenvalue weighted by atomic mass is 32.1. The number of nitrogen functional groups attached to an aromatic ring is 1. The van der Waals surface area contributed by atoms with Crippen molar-refractivity contribution in [3.8, 4) is 0 Å². The van der Waals surface area contributed by atoms with Crippen molar-refractivity contribution >= 4 is 40.6 Å². The normalized spacial score (nSPS) is 17.1. The minimum Gasteiger partial charge on any atom is -0.467 e. The highest BCUT2D eigenvalue weighted by Crippen LogP contribution is 2.34. The molecule has 1 atom stereocenters. The summed E-state index contributed by atoms with van der Waals surface area (Å²) in [5.41, 5.74) is 6.53. The quantitative estimate of drug-likeness (QED) is 0.361. The zero-order chi connectivity index (χ0) is 27.4. The maximum absolute atomic E-state index is 14.1. The zero-order valence-corrected chi connectivity index (χ0v) is 22.3. The van der Waals surface area contributed by atoms with Crippen molar-refractivity contribution in [2.24, 2.45) is 0 Å². The molecule has 0 aliphatic heterocycles. The van der Waals surface area contributed by atoms with E-state index in [1.165, 1.54) is 35.4 Å². The molecule has 3 amide bonds. The lowest BCUT2D eigenvalue weighted by atomic mass is 9.95. The third-order valence-corrected chi connectivity index (χ3v) is 8.27. The standard InChI is InChI=1S/C28H32FN5O4S/c29-17-12-14-20(15-13-17)34(24(21-11-6-16-38-21)27(36)32-19-9-4-5-10-19)28(37)25-22(30)23(33-39-25)26(35)31-18-7-2-1-3-8-18/h6,11-16,18-19,24H,1-5,7-10,30H2,(H,31,35)(H,32,36). The Hall–Kier alpha value is -3.73. The molecule has 4 N–H and O–H groups in total. The van der Waals surface area contributed by atoms with E-state index in [2.05, 4.69) is 15.0 Å². The van der Waals surface area contributed by atoms with Crippen LogP contribution in [0.2, 0.25) is 0 Å². The van der Waals surface area contributed by atoms with Crippen LogP contribution in [0.4, 0.5) is 15.8 Å². The molecule has 2 saturated carbocycles. The molecule has 2 fully saturated rings. The summed E-state index contributed by atoms with van der Waals surface area (Å²) in [6.45, 7) is 0. The molecule has 0 spiro atoms. The van der Waals surface area contributed by atoms with Crippen LogP contribution in [0.3, 0.4) is 0 Å². The van der Waals surface area contributed by atoms with Gasteiger partial charge in [0.15, 0.2) is 11.7 Å². The Morgan fingerprint density at radius 1 is 0.974 bits per heavy atom. The van der Waals surface area contributed by atoms with E-state index >= 15 is 0 Å². The molecule has 2 heterocycles. The molecule has 1 aromatic carbocycles. The number of nitrogens with zero attached hydrogens (tertiary/aromatic N) is 2. The molecular weight excluding hydrogens is 521 g/mol. The van der Waals surface area contributed by atoms with E-state index in [0.29, 0.717) is 0 Å². The fourth-order valence-electron chi connectivity index (χ4n) is 5.38. The van der Waals surface area contributed by atoms with Gasteiger partial charge in [0.2, 0.25) is 0 Å². The van der Waals surface area contributed by atoms with Crippen molar-refractivity contribution < 1.29 is 23.2 Å². The lowest BCUT2D eigenvalue weighted by molar-refractivity contribution is -0.123. The van der Waals surface area contributed by atoms with Gasteiger partial charge in [-0.25, -0.2) is 4.39 Å². The number of benzene rings is 1. The van der Waals surface area contributed by atoms with Crippen LogP contribution in [-0.4, -0.2) is 34.2 Å². The number of nitrogens with one attached hydrogen (secondary N) is 2. The number of anilines is 2. The number of hydrogen-bond donors (Lipinski definition) is 3. The third-order valence-electron chi connectivity index (χ3n) is 7.42. The molecule has 2 aromatic heterocycles. The van der Waals surface area contributed by atoms with Gasteiger partial charge >= 0.3 is 0 Å². The number of amides is 3. The maximum atomic E-state index is 14.1. The molecule has 0 saturated heterocycles. The van der Waals surface area contributed by atoms with Gasteiger partial charge in [0, 0.05) is 17.8 Å². The minimum absolute atomic E-state index is 0.0105. The van der Waals surface area contributed by atoms with Crippen LogP contribution in [0.1, 0.15) is 89.7 Å². The molecule has 11 heteroatoms. The van der Waals surface area contributed by atoms with E-state index in [1.807, 2.05) is 0 Å². The van der Waals surface area contributed by atoms with Crippen molar-refractivity contribution in [3.63, 3.8) is 0 Å². The molecule has 1 unspecified atom stereocenters. The molecule has 39 heavy (non-hydrogen) atoms. The number of hydrogen-bond acceptors (Lipinski definition) is 7. The summed E-state index contributed by atoms with van der Waals surface area (Å²) in [5, 5.41) is 6.02. The van der Waals surface area contributed by atoms with Crippen LogP contribution in [0.15, 0.2) is 47.1 Å². The Labute approximate surface area is 230 Å². The van der Waals surface area contributed by atoms with E-state index in [0.717, 1.165) is 69.3 Å². The predicted molar refractivity (Wildman–Crippen MR) is 146 cm³/mol. The van der Waals surface area contributed by atoms with E-state index in [-0.39, 0.29) is 39.8 Å². The summed E-state index contributed by atoms with van der Waals surface area (Å²) >= 11 is 0.797. The summed E-state index contributed by atoms with van der Waals surface area (Å²) in [5.74, 6) is -1.75. The van der Waals surface area contributed by atoms with Crippen molar-refractivity contribution in [2.75, 3.05) is 10.6 Å². The maximum Gasteiger partial charge on any atom is 0.273 e. The smallest absolute Gasteiger partial charge is 0.273 e. The molecule has 5 rings (SSSR count).